The lowest BCUT2D eigenvalue weighted by molar-refractivity contribution is 0.136. The summed E-state index contributed by atoms with van der Waals surface area (Å²) in [5.74, 6) is 3.22. The van der Waals surface area contributed by atoms with Crippen LogP contribution in [0, 0.1) is 12.3 Å². The summed E-state index contributed by atoms with van der Waals surface area (Å²) >= 11 is 1.78. The number of thioether (sulfide) groups is 1. The fourth-order valence-electron chi connectivity index (χ4n) is 0.718. The summed E-state index contributed by atoms with van der Waals surface area (Å²) in [7, 11) is 0. The van der Waals surface area contributed by atoms with Crippen molar-refractivity contribution in [2.75, 3.05) is 25.8 Å². The molecule has 0 amide bonds. The summed E-state index contributed by atoms with van der Waals surface area (Å²) in [6.07, 6.45) is 5.00. The summed E-state index contributed by atoms with van der Waals surface area (Å²) in [5.41, 5.74) is 0. The highest BCUT2D eigenvalue weighted by Gasteiger charge is 2.15. The first-order chi connectivity index (χ1) is 4.93. The highest BCUT2D eigenvalue weighted by atomic mass is 32.2. The standard InChI is InChI=1S/C7H10O2S/c1-2-3-8-4-7-5-9-6-10-7/h1,7H,3-6H2. The van der Waals surface area contributed by atoms with Gasteiger partial charge in [0.1, 0.15) is 6.61 Å². The first kappa shape index (κ1) is 7.93. The van der Waals surface area contributed by atoms with Crippen LogP contribution in [0.15, 0.2) is 0 Å². The predicted molar refractivity (Wildman–Crippen MR) is 41.9 cm³/mol. The molecule has 1 unspecified atom stereocenters. The average Bonchev–Trinajstić information content (AvgIpc) is 2.41. The third-order valence-electron chi connectivity index (χ3n) is 1.18. The molecular formula is C7H10O2S. The molecule has 0 radical (unpaired) electrons. The van der Waals surface area contributed by atoms with Gasteiger partial charge in [-0.3, -0.25) is 0 Å². The molecule has 1 aliphatic heterocycles. The van der Waals surface area contributed by atoms with E-state index in [0.29, 0.717) is 11.9 Å². The molecule has 2 nitrogen and oxygen atoms in total. The summed E-state index contributed by atoms with van der Waals surface area (Å²) in [6.45, 7) is 1.93. The maximum Gasteiger partial charge on any atom is 0.107 e. The van der Waals surface area contributed by atoms with Crippen molar-refractivity contribution in [3.05, 3.63) is 0 Å². The van der Waals surface area contributed by atoms with Crippen LogP contribution in [0.4, 0.5) is 0 Å². The van der Waals surface area contributed by atoms with Gasteiger partial charge in [-0.05, 0) is 0 Å². The van der Waals surface area contributed by atoms with Crippen LogP contribution in [0.25, 0.3) is 0 Å². The van der Waals surface area contributed by atoms with Gasteiger partial charge < -0.3 is 9.47 Å². The molecule has 0 aromatic rings. The second-order valence-electron chi connectivity index (χ2n) is 2.00. The van der Waals surface area contributed by atoms with Crippen LogP contribution in [-0.4, -0.2) is 31.0 Å². The Bertz CT molecular complexity index is 124. The number of ether oxygens (including phenoxy) is 2. The molecule has 0 N–H and O–H groups in total. The number of hydrogen-bond acceptors (Lipinski definition) is 3. The zero-order chi connectivity index (χ0) is 7.23. The number of hydrogen-bond donors (Lipinski definition) is 0. The molecule has 0 saturated carbocycles. The van der Waals surface area contributed by atoms with Gasteiger partial charge in [0.15, 0.2) is 0 Å². The lowest BCUT2D eigenvalue weighted by Crippen LogP contribution is -2.12. The highest BCUT2D eigenvalue weighted by Crippen LogP contribution is 2.18. The van der Waals surface area contributed by atoms with E-state index >= 15 is 0 Å². The van der Waals surface area contributed by atoms with E-state index in [4.69, 9.17) is 15.9 Å². The largest absolute Gasteiger partial charge is 0.370 e. The smallest absolute Gasteiger partial charge is 0.107 e. The molecule has 0 bridgehead atoms. The van der Waals surface area contributed by atoms with Gasteiger partial charge in [-0.25, -0.2) is 0 Å². The molecule has 0 aliphatic carbocycles. The summed E-state index contributed by atoms with van der Waals surface area (Å²) < 4.78 is 10.2. The Morgan fingerprint density at radius 2 is 2.70 bits per heavy atom. The van der Waals surface area contributed by atoms with Gasteiger partial charge in [-0.15, -0.1) is 18.2 Å². The van der Waals surface area contributed by atoms with E-state index in [0.717, 1.165) is 19.2 Å². The molecule has 1 fully saturated rings. The van der Waals surface area contributed by atoms with Gasteiger partial charge in [0.25, 0.3) is 0 Å². The van der Waals surface area contributed by atoms with Gasteiger partial charge in [-0.2, -0.15) is 0 Å². The second kappa shape index (κ2) is 4.62. The SMILES string of the molecule is C#CCOCC1COCS1. The van der Waals surface area contributed by atoms with Crippen molar-refractivity contribution < 1.29 is 9.47 Å². The molecule has 56 valence electrons. The first-order valence-electron chi connectivity index (χ1n) is 3.14. The van der Waals surface area contributed by atoms with Crippen LogP contribution in [0.2, 0.25) is 0 Å². The van der Waals surface area contributed by atoms with Gasteiger partial charge in [0, 0.05) is 0 Å². The van der Waals surface area contributed by atoms with Crippen molar-refractivity contribution in [1.82, 2.24) is 0 Å². The Hall–Kier alpha value is -0.170. The minimum atomic E-state index is 0.414. The monoisotopic (exact) mass is 158 g/mol. The van der Waals surface area contributed by atoms with Crippen molar-refractivity contribution >= 4 is 11.8 Å². The van der Waals surface area contributed by atoms with Crippen LogP contribution >= 0.6 is 11.8 Å². The number of terminal acetylenes is 1. The first-order valence-corrected chi connectivity index (χ1v) is 4.19. The Morgan fingerprint density at radius 3 is 3.30 bits per heavy atom. The normalized spacial score (nSPS) is 24.5. The Kier molecular flexibility index (Phi) is 3.66. The average molecular weight is 158 g/mol. The third-order valence-corrected chi connectivity index (χ3v) is 2.23. The van der Waals surface area contributed by atoms with E-state index in [9.17, 15) is 0 Å². The Labute approximate surface area is 65.3 Å². The summed E-state index contributed by atoms with van der Waals surface area (Å²) in [4.78, 5) is 0. The predicted octanol–water partition coefficient (Wildman–Crippen LogP) is 0.726. The van der Waals surface area contributed by atoms with E-state index in [2.05, 4.69) is 5.92 Å². The van der Waals surface area contributed by atoms with E-state index in [1.807, 2.05) is 0 Å². The Morgan fingerprint density at radius 1 is 1.80 bits per heavy atom. The van der Waals surface area contributed by atoms with E-state index in [1.54, 1.807) is 11.8 Å². The van der Waals surface area contributed by atoms with E-state index < -0.39 is 0 Å². The molecule has 1 atom stereocenters. The molecule has 1 saturated heterocycles. The Balaban J connectivity index is 1.97. The van der Waals surface area contributed by atoms with Crippen LogP contribution < -0.4 is 0 Å². The molecule has 0 aromatic heterocycles. The molecule has 0 spiro atoms. The quantitative estimate of drug-likeness (QED) is 0.445. The van der Waals surface area contributed by atoms with E-state index in [-0.39, 0.29) is 0 Å². The maximum absolute atomic E-state index is 5.13. The van der Waals surface area contributed by atoms with Gasteiger partial charge in [-0.1, -0.05) is 5.92 Å². The van der Waals surface area contributed by atoms with Crippen molar-refractivity contribution in [2.45, 2.75) is 5.25 Å². The van der Waals surface area contributed by atoms with Crippen LogP contribution in [0.3, 0.4) is 0 Å². The second-order valence-corrected chi connectivity index (χ2v) is 3.23. The third kappa shape index (κ3) is 2.61. The van der Waals surface area contributed by atoms with Crippen molar-refractivity contribution in [3.63, 3.8) is 0 Å². The van der Waals surface area contributed by atoms with Crippen LogP contribution in [-0.2, 0) is 9.47 Å². The highest BCUT2D eigenvalue weighted by molar-refractivity contribution is 8.00. The summed E-state index contributed by atoms with van der Waals surface area (Å²) in [6, 6.07) is 0. The van der Waals surface area contributed by atoms with Crippen molar-refractivity contribution in [1.29, 1.82) is 0 Å². The minimum Gasteiger partial charge on any atom is -0.370 e. The molecule has 3 heteroatoms. The van der Waals surface area contributed by atoms with Crippen molar-refractivity contribution in [2.24, 2.45) is 0 Å². The van der Waals surface area contributed by atoms with Crippen LogP contribution in [0.1, 0.15) is 0 Å². The van der Waals surface area contributed by atoms with Gasteiger partial charge >= 0.3 is 0 Å². The van der Waals surface area contributed by atoms with Gasteiger partial charge in [0.2, 0.25) is 0 Å². The van der Waals surface area contributed by atoms with Crippen LogP contribution in [0.5, 0.6) is 0 Å². The zero-order valence-electron chi connectivity index (χ0n) is 5.71. The molecular weight excluding hydrogens is 148 g/mol. The molecule has 1 rings (SSSR count). The van der Waals surface area contributed by atoms with Crippen molar-refractivity contribution in [3.8, 4) is 12.3 Å². The van der Waals surface area contributed by atoms with E-state index in [1.165, 1.54) is 0 Å². The fraction of sp³-hybridized carbons (Fsp3) is 0.714. The minimum absolute atomic E-state index is 0.414. The molecule has 0 aromatic carbocycles. The molecule has 1 heterocycles. The fourth-order valence-corrected chi connectivity index (χ4v) is 1.49. The lowest BCUT2D eigenvalue weighted by atomic mass is 10.5. The maximum atomic E-state index is 5.13. The molecule has 10 heavy (non-hydrogen) atoms. The topological polar surface area (TPSA) is 18.5 Å². The molecule has 1 aliphatic rings. The van der Waals surface area contributed by atoms with Gasteiger partial charge in [0.05, 0.1) is 24.4 Å². The zero-order valence-corrected chi connectivity index (χ0v) is 6.52. The number of rotatable bonds is 3. The summed E-state index contributed by atoms with van der Waals surface area (Å²) in [5, 5.41) is 0.494. The lowest BCUT2D eigenvalue weighted by Gasteiger charge is -2.04.